The highest BCUT2D eigenvalue weighted by atomic mass is 32.2. The Kier molecular flexibility index (Phi) is 5.68. The number of aryl methyl sites for hydroxylation is 1. The molecule has 3 heterocycles. The maximum Gasteiger partial charge on any atom is 0.192 e. The van der Waals surface area contributed by atoms with Crippen molar-refractivity contribution in [3.63, 3.8) is 0 Å². The van der Waals surface area contributed by atoms with Crippen LogP contribution < -0.4 is 0 Å². The molecule has 1 aliphatic heterocycles. The van der Waals surface area contributed by atoms with Crippen molar-refractivity contribution in [2.75, 3.05) is 17.3 Å². The standard InChI is InChI=1S/C23H25FN4O3S2/c1-14-11-19(15(2)27(14)17-9-10-33(30,31)13-17)21(29)12-32-23-26-25-22(28(23)16-7-8-16)18-5-3-4-6-20(18)24/h3-6,11,16-17H,7-10,12-13H2,1-2H3. The van der Waals surface area contributed by atoms with Crippen LogP contribution in [0.1, 0.15) is 53.1 Å². The summed E-state index contributed by atoms with van der Waals surface area (Å²) in [4.78, 5) is 13.1. The molecule has 0 bridgehead atoms. The van der Waals surface area contributed by atoms with Gasteiger partial charge in [0.15, 0.2) is 26.6 Å². The molecule has 10 heteroatoms. The number of nitrogens with zero attached hydrogens (tertiary/aromatic N) is 4. The third-order valence-electron chi connectivity index (χ3n) is 6.38. The van der Waals surface area contributed by atoms with Gasteiger partial charge in [-0.2, -0.15) is 0 Å². The van der Waals surface area contributed by atoms with Gasteiger partial charge in [-0.15, -0.1) is 10.2 Å². The van der Waals surface area contributed by atoms with E-state index < -0.39 is 9.84 Å². The van der Waals surface area contributed by atoms with Gasteiger partial charge in [-0.05, 0) is 51.3 Å². The van der Waals surface area contributed by atoms with Crippen molar-refractivity contribution in [3.05, 3.63) is 53.1 Å². The number of carbonyl (C=O) groups excluding carboxylic acids is 1. The van der Waals surface area contributed by atoms with E-state index in [-0.39, 0.29) is 40.9 Å². The van der Waals surface area contributed by atoms with Crippen molar-refractivity contribution in [3.8, 4) is 11.4 Å². The minimum absolute atomic E-state index is 0.0435. The molecule has 0 radical (unpaired) electrons. The summed E-state index contributed by atoms with van der Waals surface area (Å²) in [6.07, 6.45) is 2.53. The molecule has 7 nitrogen and oxygen atoms in total. The first-order chi connectivity index (χ1) is 15.7. The number of halogens is 1. The topological polar surface area (TPSA) is 86.8 Å². The Hall–Kier alpha value is -2.46. The largest absolute Gasteiger partial charge is 0.344 e. The summed E-state index contributed by atoms with van der Waals surface area (Å²) in [5.41, 5.74) is 2.71. The summed E-state index contributed by atoms with van der Waals surface area (Å²) in [5, 5.41) is 9.12. The van der Waals surface area contributed by atoms with Crippen LogP contribution in [-0.2, 0) is 9.84 Å². The Bertz CT molecular complexity index is 1340. The zero-order valence-corrected chi connectivity index (χ0v) is 20.1. The smallest absolute Gasteiger partial charge is 0.192 e. The quantitative estimate of drug-likeness (QED) is 0.366. The molecule has 1 saturated carbocycles. The number of thioether (sulfide) groups is 1. The van der Waals surface area contributed by atoms with Crippen LogP contribution in [0, 0.1) is 19.7 Å². The zero-order chi connectivity index (χ0) is 23.3. The van der Waals surface area contributed by atoms with Crippen molar-refractivity contribution in [1.29, 1.82) is 0 Å². The van der Waals surface area contributed by atoms with E-state index in [0.717, 1.165) is 24.2 Å². The molecule has 1 aromatic carbocycles. The van der Waals surface area contributed by atoms with Crippen molar-refractivity contribution in [2.45, 2.75) is 50.4 Å². The van der Waals surface area contributed by atoms with E-state index >= 15 is 0 Å². The van der Waals surface area contributed by atoms with Crippen LogP contribution in [0.2, 0.25) is 0 Å². The van der Waals surface area contributed by atoms with Crippen LogP contribution in [0.3, 0.4) is 0 Å². The van der Waals surface area contributed by atoms with Gasteiger partial charge in [0.05, 0.1) is 22.8 Å². The lowest BCUT2D eigenvalue weighted by molar-refractivity contribution is 0.102. The first-order valence-corrected chi connectivity index (χ1v) is 13.8. The van der Waals surface area contributed by atoms with Crippen LogP contribution in [0.15, 0.2) is 35.5 Å². The first kappa shape index (κ1) is 22.3. The number of aromatic nitrogens is 4. The van der Waals surface area contributed by atoms with Crippen molar-refractivity contribution < 1.29 is 17.6 Å². The molecule has 0 N–H and O–H groups in total. The molecule has 1 atom stereocenters. The summed E-state index contributed by atoms with van der Waals surface area (Å²) >= 11 is 1.31. The molecule has 1 aliphatic carbocycles. The van der Waals surface area contributed by atoms with Crippen LogP contribution >= 0.6 is 11.8 Å². The van der Waals surface area contributed by atoms with Crippen molar-refractivity contribution in [1.82, 2.24) is 19.3 Å². The van der Waals surface area contributed by atoms with E-state index in [2.05, 4.69) is 10.2 Å². The molecule has 0 spiro atoms. The van der Waals surface area contributed by atoms with E-state index in [4.69, 9.17) is 0 Å². The Balaban J connectivity index is 1.36. The average Bonchev–Trinajstić information content (AvgIpc) is 3.32. The molecular formula is C23H25FN4O3S2. The monoisotopic (exact) mass is 488 g/mol. The lowest BCUT2D eigenvalue weighted by Gasteiger charge is -2.16. The number of rotatable bonds is 7. The van der Waals surface area contributed by atoms with Gasteiger partial charge < -0.3 is 4.57 Å². The number of hydrogen-bond acceptors (Lipinski definition) is 6. The number of Topliss-reactive ketones (excluding diaryl/α,β-unsaturated/α-hetero) is 1. The predicted molar refractivity (Wildman–Crippen MR) is 125 cm³/mol. The first-order valence-electron chi connectivity index (χ1n) is 11.0. The molecule has 33 heavy (non-hydrogen) atoms. The highest BCUT2D eigenvalue weighted by Gasteiger charge is 2.33. The third-order valence-corrected chi connectivity index (χ3v) is 9.08. The fourth-order valence-electron chi connectivity index (χ4n) is 4.67. The highest BCUT2D eigenvalue weighted by molar-refractivity contribution is 7.99. The molecule has 2 aliphatic rings. The van der Waals surface area contributed by atoms with Crippen LogP contribution in [0.5, 0.6) is 0 Å². The molecule has 5 rings (SSSR count). The molecule has 1 unspecified atom stereocenters. The van der Waals surface area contributed by atoms with E-state index in [1.165, 1.54) is 17.8 Å². The number of carbonyl (C=O) groups is 1. The summed E-state index contributed by atoms with van der Waals surface area (Å²) < 4.78 is 42.2. The van der Waals surface area contributed by atoms with Gasteiger partial charge >= 0.3 is 0 Å². The Morgan fingerprint density at radius 2 is 1.88 bits per heavy atom. The van der Waals surface area contributed by atoms with E-state index in [0.29, 0.717) is 28.5 Å². The molecule has 3 aromatic rings. The number of benzene rings is 1. The average molecular weight is 489 g/mol. The minimum atomic E-state index is -3.02. The highest BCUT2D eigenvalue weighted by Crippen LogP contribution is 2.41. The Morgan fingerprint density at radius 3 is 2.55 bits per heavy atom. The maximum atomic E-state index is 14.4. The van der Waals surface area contributed by atoms with Crippen LogP contribution in [0.4, 0.5) is 4.39 Å². The maximum absolute atomic E-state index is 14.4. The van der Waals surface area contributed by atoms with Gasteiger partial charge in [0.1, 0.15) is 5.82 Å². The van der Waals surface area contributed by atoms with Crippen LogP contribution in [-0.4, -0.2) is 50.8 Å². The summed E-state index contributed by atoms with van der Waals surface area (Å²) in [5.74, 6) is 0.587. The molecule has 1 saturated heterocycles. The van der Waals surface area contributed by atoms with Crippen molar-refractivity contribution in [2.24, 2.45) is 0 Å². The molecule has 174 valence electrons. The molecular weight excluding hydrogens is 463 g/mol. The van der Waals surface area contributed by atoms with E-state index in [1.807, 2.05) is 29.0 Å². The normalized spacial score (nSPS) is 19.8. The predicted octanol–water partition coefficient (Wildman–Crippen LogP) is 4.17. The Labute approximate surface area is 196 Å². The summed E-state index contributed by atoms with van der Waals surface area (Å²) in [6.45, 7) is 3.78. The number of sulfone groups is 1. The van der Waals surface area contributed by atoms with Gasteiger partial charge in [-0.1, -0.05) is 23.9 Å². The second kappa shape index (κ2) is 8.39. The van der Waals surface area contributed by atoms with E-state index in [9.17, 15) is 17.6 Å². The second-order valence-electron chi connectivity index (χ2n) is 8.81. The summed E-state index contributed by atoms with van der Waals surface area (Å²) in [6, 6.07) is 8.46. The van der Waals surface area contributed by atoms with Gasteiger partial charge in [0.25, 0.3) is 0 Å². The lowest BCUT2D eigenvalue weighted by atomic mass is 10.2. The van der Waals surface area contributed by atoms with Gasteiger partial charge in [-0.25, -0.2) is 12.8 Å². The third kappa shape index (κ3) is 4.26. The Morgan fingerprint density at radius 1 is 1.12 bits per heavy atom. The second-order valence-corrected chi connectivity index (χ2v) is 12.0. The van der Waals surface area contributed by atoms with Crippen molar-refractivity contribution >= 4 is 27.4 Å². The number of hydrogen-bond donors (Lipinski definition) is 0. The van der Waals surface area contributed by atoms with E-state index in [1.54, 1.807) is 18.2 Å². The fraction of sp³-hybridized carbons (Fsp3) is 0.435. The minimum Gasteiger partial charge on any atom is -0.344 e. The SMILES string of the molecule is Cc1cc(C(=O)CSc2nnc(-c3ccccc3F)n2C2CC2)c(C)n1C1CCS(=O)(=O)C1. The summed E-state index contributed by atoms with van der Waals surface area (Å²) in [7, 11) is -3.02. The number of ketones is 1. The van der Waals surface area contributed by atoms with Gasteiger partial charge in [0.2, 0.25) is 0 Å². The molecule has 0 amide bonds. The zero-order valence-electron chi connectivity index (χ0n) is 18.5. The molecule has 2 aromatic heterocycles. The lowest BCUT2D eigenvalue weighted by Crippen LogP contribution is -2.14. The van der Waals surface area contributed by atoms with Gasteiger partial charge in [0, 0.05) is 29.0 Å². The van der Waals surface area contributed by atoms with Gasteiger partial charge in [-0.3, -0.25) is 9.36 Å². The van der Waals surface area contributed by atoms with Crippen LogP contribution in [0.25, 0.3) is 11.4 Å². The fourth-order valence-corrected chi connectivity index (χ4v) is 7.26. The molecule has 2 fully saturated rings.